The highest BCUT2D eigenvalue weighted by Gasteiger charge is 2.71. The van der Waals surface area contributed by atoms with Crippen LogP contribution >= 0.6 is 0 Å². The van der Waals surface area contributed by atoms with Gasteiger partial charge in [0.2, 0.25) is 0 Å². The third kappa shape index (κ3) is 3.23. The number of hydrogen-bond acceptors (Lipinski definition) is 6. The van der Waals surface area contributed by atoms with Gasteiger partial charge >= 0.3 is 5.97 Å². The van der Waals surface area contributed by atoms with Gasteiger partial charge in [-0.25, -0.2) is 4.79 Å². The van der Waals surface area contributed by atoms with Crippen LogP contribution < -0.4 is 0 Å². The molecule has 6 nitrogen and oxygen atoms in total. The van der Waals surface area contributed by atoms with E-state index in [-0.39, 0.29) is 35.0 Å². The van der Waals surface area contributed by atoms with E-state index in [1.807, 2.05) is 13.0 Å². The van der Waals surface area contributed by atoms with E-state index in [4.69, 9.17) is 4.74 Å². The normalized spacial score (nSPS) is 47.1. The average molecular weight is 495 g/mol. The zero-order valence-corrected chi connectivity index (χ0v) is 21.2. The Balaban J connectivity index is 1.36. The van der Waals surface area contributed by atoms with E-state index in [1.54, 1.807) is 24.3 Å². The van der Waals surface area contributed by atoms with Crippen LogP contribution in [0.3, 0.4) is 0 Å². The van der Waals surface area contributed by atoms with Crippen molar-refractivity contribution in [3.63, 3.8) is 0 Å². The molecule has 9 atom stereocenters. The predicted octanol–water partition coefficient (Wildman–Crippen LogP) is 4.32. The quantitative estimate of drug-likeness (QED) is 0.456. The van der Waals surface area contributed by atoms with Crippen LogP contribution in [0, 0.1) is 34.5 Å². The van der Waals surface area contributed by atoms with Gasteiger partial charge in [0.1, 0.15) is 11.5 Å². The molecule has 0 bridgehead atoms. The van der Waals surface area contributed by atoms with Crippen molar-refractivity contribution in [1.29, 1.82) is 0 Å². The van der Waals surface area contributed by atoms with Gasteiger partial charge in [0.05, 0.1) is 17.8 Å². The number of aromatic hydroxyl groups is 1. The molecule has 4 fully saturated rings. The molecule has 0 amide bonds. The second-order valence-electron chi connectivity index (χ2n) is 12.6. The Morgan fingerprint density at radius 2 is 1.78 bits per heavy atom. The number of aliphatic hydroxyl groups excluding tert-OH is 2. The number of phenolic OH excluding ortho intramolecular Hbond substituents is 1. The van der Waals surface area contributed by atoms with Gasteiger partial charge in [-0.05, 0) is 92.6 Å². The van der Waals surface area contributed by atoms with Crippen LogP contribution in [0.1, 0.15) is 70.8 Å². The zero-order chi connectivity index (χ0) is 25.5. The van der Waals surface area contributed by atoms with Crippen molar-refractivity contribution in [2.24, 2.45) is 34.5 Å². The van der Waals surface area contributed by atoms with Crippen LogP contribution in [0.5, 0.6) is 5.75 Å². The molecular formula is C30H38O6. The molecule has 36 heavy (non-hydrogen) atoms. The van der Waals surface area contributed by atoms with E-state index >= 15 is 0 Å². The molecule has 0 unspecified atom stereocenters. The number of aliphatic hydroxyl groups is 3. The van der Waals surface area contributed by atoms with Gasteiger partial charge < -0.3 is 25.2 Å². The Hall–Kier alpha value is -2.15. The fourth-order valence-corrected chi connectivity index (χ4v) is 9.22. The van der Waals surface area contributed by atoms with E-state index in [2.05, 4.69) is 6.92 Å². The fraction of sp³-hybridized carbons (Fsp3) is 0.633. The summed E-state index contributed by atoms with van der Waals surface area (Å²) in [5, 5.41) is 44.9. The Morgan fingerprint density at radius 3 is 2.56 bits per heavy atom. The summed E-state index contributed by atoms with van der Waals surface area (Å²) in [6.07, 6.45) is 8.54. The number of phenols is 1. The largest absolute Gasteiger partial charge is 0.507 e. The molecule has 1 aromatic rings. The summed E-state index contributed by atoms with van der Waals surface area (Å²) in [5.41, 5.74) is -0.582. The van der Waals surface area contributed by atoms with Crippen molar-refractivity contribution >= 4 is 12.0 Å². The van der Waals surface area contributed by atoms with E-state index in [0.29, 0.717) is 42.1 Å². The maximum atomic E-state index is 12.5. The minimum absolute atomic E-state index is 0.0138. The Labute approximate surface area is 212 Å². The molecule has 0 saturated heterocycles. The summed E-state index contributed by atoms with van der Waals surface area (Å²) < 4.78 is 5.57. The highest BCUT2D eigenvalue weighted by Crippen LogP contribution is 2.70. The van der Waals surface area contributed by atoms with Crippen molar-refractivity contribution in [2.45, 2.75) is 83.0 Å². The standard InChI is InChI=1S/C30H38O6/c1-28-11-9-19(31)14-18(28)7-8-22-23(28)16-26(33)29(2)21(10-12-30(22,29)35)20-15-27(34)36-25(20)13-17-5-3-4-6-24(17)32/h3-6,13,15,18-19,21-23,26,31-33,35H,7-12,14,16H2,1-2H3/t18-,19+,21-,22-,23+,26-,28+,29+,30+/m1/s1. The van der Waals surface area contributed by atoms with Crippen molar-refractivity contribution in [3.05, 3.63) is 47.2 Å². The number of carbonyl (C=O) groups excluding carboxylic acids is 1. The van der Waals surface area contributed by atoms with Crippen molar-refractivity contribution in [3.8, 4) is 5.75 Å². The Kier molecular flexibility index (Phi) is 5.50. The van der Waals surface area contributed by atoms with Crippen LogP contribution in [0.15, 0.2) is 41.7 Å². The lowest BCUT2D eigenvalue weighted by molar-refractivity contribution is -0.244. The van der Waals surface area contributed by atoms with Crippen LogP contribution in [0.2, 0.25) is 0 Å². The van der Waals surface area contributed by atoms with Crippen LogP contribution in [-0.2, 0) is 9.53 Å². The second-order valence-corrected chi connectivity index (χ2v) is 12.6. The monoisotopic (exact) mass is 494 g/mol. The second kappa shape index (κ2) is 8.17. The summed E-state index contributed by atoms with van der Waals surface area (Å²) in [6.45, 7) is 4.33. The van der Waals surface area contributed by atoms with Crippen molar-refractivity contribution < 1.29 is 30.0 Å². The van der Waals surface area contributed by atoms with Gasteiger partial charge in [0.15, 0.2) is 0 Å². The van der Waals surface area contributed by atoms with E-state index in [9.17, 15) is 25.2 Å². The number of ether oxygens (including phenoxy) is 1. The molecule has 1 heterocycles. The van der Waals surface area contributed by atoms with E-state index in [1.165, 1.54) is 6.08 Å². The number of rotatable bonds is 2. The number of esters is 1. The third-order valence-corrected chi connectivity index (χ3v) is 11.3. The van der Waals surface area contributed by atoms with E-state index < -0.39 is 23.1 Å². The van der Waals surface area contributed by atoms with Gasteiger partial charge in [-0.15, -0.1) is 0 Å². The van der Waals surface area contributed by atoms with Crippen LogP contribution in [0.4, 0.5) is 0 Å². The SMILES string of the molecule is C[C@]12CC[C@H](O)C[C@H]1CC[C@@H]1[C@@H]2C[C@@H](O)[C@]2(C)[C@@H](C3=CC(=O)OC3=Cc3ccccc3O)CC[C@]12O. The van der Waals surface area contributed by atoms with Gasteiger partial charge in [0.25, 0.3) is 0 Å². The number of allylic oxidation sites excluding steroid dienone is 1. The highest BCUT2D eigenvalue weighted by molar-refractivity contribution is 5.90. The van der Waals surface area contributed by atoms with Gasteiger partial charge in [0, 0.05) is 22.6 Å². The summed E-state index contributed by atoms with van der Waals surface area (Å²) in [6, 6.07) is 6.91. The maximum Gasteiger partial charge on any atom is 0.336 e. The van der Waals surface area contributed by atoms with Crippen LogP contribution in [-0.4, -0.2) is 44.2 Å². The lowest BCUT2D eigenvalue weighted by Crippen LogP contribution is -2.67. The molecule has 1 aromatic carbocycles. The fourth-order valence-electron chi connectivity index (χ4n) is 9.22. The molecule has 0 spiro atoms. The maximum absolute atomic E-state index is 12.5. The first-order valence-electron chi connectivity index (χ1n) is 13.6. The molecule has 6 heteroatoms. The molecule has 0 radical (unpaired) electrons. The first-order valence-corrected chi connectivity index (χ1v) is 13.6. The first-order chi connectivity index (χ1) is 17.1. The molecule has 1 aliphatic heterocycles. The number of hydrogen-bond donors (Lipinski definition) is 4. The average Bonchev–Trinajstić information content (AvgIpc) is 3.33. The summed E-state index contributed by atoms with van der Waals surface area (Å²) in [5.74, 6) is 0.520. The van der Waals surface area contributed by atoms with Crippen molar-refractivity contribution in [1.82, 2.24) is 0 Å². The van der Waals surface area contributed by atoms with E-state index in [0.717, 1.165) is 32.1 Å². The molecule has 4 aliphatic carbocycles. The minimum Gasteiger partial charge on any atom is -0.507 e. The molecule has 4 N–H and O–H groups in total. The topological polar surface area (TPSA) is 107 Å². The van der Waals surface area contributed by atoms with Gasteiger partial charge in [-0.2, -0.15) is 0 Å². The number of para-hydroxylation sites is 1. The summed E-state index contributed by atoms with van der Waals surface area (Å²) in [4.78, 5) is 12.4. The lowest BCUT2D eigenvalue weighted by atomic mass is 9.42. The van der Waals surface area contributed by atoms with Gasteiger partial charge in [-0.3, -0.25) is 0 Å². The third-order valence-electron chi connectivity index (χ3n) is 11.3. The Bertz CT molecular complexity index is 1140. The number of carbonyl (C=O) groups is 1. The molecular weight excluding hydrogens is 456 g/mol. The minimum atomic E-state index is -1.05. The molecule has 0 aromatic heterocycles. The first kappa shape index (κ1) is 24.2. The summed E-state index contributed by atoms with van der Waals surface area (Å²) >= 11 is 0. The molecule has 6 rings (SSSR count). The van der Waals surface area contributed by atoms with Crippen molar-refractivity contribution in [2.75, 3.05) is 0 Å². The molecule has 194 valence electrons. The van der Waals surface area contributed by atoms with Crippen LogP contribution in [0.25, 0.3) is 6.08 Å². The summed E-state index contributed by atoms with van der Waals surface area (Å²) in [7, 11) is 0. The number of fused-ring (bicyclic) bond motifs is 5. The smallest absolute Gasteiger partial charge is 0.336 e. The number of cyclic esters (lactones) is 1. The predicted molar refractivity (Wildman–Crippen MR) is 134 cm³/mol. The molecule has 5 aliphatic rings. The van der Waals surface area contributed by atoms with Gasteiger partial charge in [-0.1, -0.05) is 32.0 Å². The zero-order valence-electron chi connectivity index (χ0n) is 21.2. The molecule has 4 saturated carbocycles. The number of benzene rings is 1. The highest BCUT2D eigenvalue weighted by atomic mass is 16.5. The Morgan fingerprint density at radius 1 is 1.00 bits per heavy atom. The lowest BCUT2D eigenvalue weighted by Gasteiger charge is -2.64.